The minimum absolute atomic E-state index is 0.221. The van der Waals surface area contributed by atoms with E-state index in [4.69, 9.17) is 5.26 Å². The van der Waals surface area contributed by atoms with Gasteiger partial charge in [0.25, 0.3) is 0 Å². The summed E-state index contributed by atoms with van der Waals surface area (Å²) in [5, 5.41) is 8.80. The van der Waals surface area contributed by atoms with Crippen molar-refractivity contribution in [2.75, 3.05) is 18.0 Å². The molecule has 0 aromatic carbocycles. The van der Waals surface area contributed by atoms with Crippen molar-refractivity contribution in [2.24, 2.45) is 5.92 Å². The molecule has 4 heteroatoms. The zero-order valence-corrected chi connectivity index (χ0v) is 10.8. The van der Waals surface area contributed by atoms with Crippen LogP contribution in [0.15, 0.2) is 12.4 Å². The van der Waals surface area contributed by atoms with E-state index in [1.807, 2.05) is 20.8 Å². The SMILES string of the molecule is CC.Cc1cncc(N2CCC(C#N)CC2)n1. The molecule has 0 N–H and O–H groups in total. The number of hydrogen-bond acceptors (Lipinski definition) is 4. The van der Waals surface area contributed by atoms with Crippen LogP contribution >= 0.6 is 0 Å². The van der Waals surface area contributed by atoms with Crippen molar-refractivity contribution in [1.29, 1.82) is 5.26 Å². The van der Waals surface area contributed by atoms with Gasteiger partial charge in [-0.1, -0.05) is 13.8 Å². The summed E-state index contributed by atoms with van der Waals surface area (Å²) < 4.78 is 0. The van der Waals surface area contributed by atoms with E-state index in [2.05, 4.69) is 20.9 Å². The van der Waals surface area contributed by atoms with Gasteiger partial charge in [0.2, 0.25) is 0 Å². The molecular formula is C13H20N4. The van der Waals surface area contributed by atoms with E-state index >= 15 is 0 Å². The predicted molar refractivity (Wildman–Crippen MR) is 68.7 cm³/mol. The molecule has 1 aromatic heterocycles. The van der Waals surface area contributed by atoms with Crippen molar-refractivity contribution >= 4 is 5.82 Å². The normalized spacial score (nSPS) is 15.8. The Hall–Kier alpha value is -1.63. The first-order chi connectivity index (χ1) is 8.29. The minimum atomic E-state index is 0.221. The molecule has 0 spiro atoms. The van der Waals surface area contributed by atoms with Crippen LogP contribution in [0, 0.1) is 24.2 Å². The van der Waals surface area contributed by atoms with Crippen LogP contribution in [-0.4, -0.2) is 23.1 Å². The van der Waals surface area contributed by atoms with E-state index in [-0.39, 0.29) is 5.92 Å². The first-order valence-corrected chi connectivity index (χ1v) is 6.23. The second kappa shape index (κ2) is 6.85. The van der Waals surface area contributed by atoms with Crippen molar-refractivity contribution in [1.82, 2.24) is 9.97 Å². The van der Waals surface area contributed by atoms with Crippen molar-refractivity contribution in [3.8, 4) is 6.07 Å². The Morgan fingerprint density at radius 2 is 1.94 bits per heavy atom. The van der Waals surface area contributed by atoms with Crippen LogP contribution in [0.25, 0.3) is 0 Å². The van der Waals surface area contributed by atoms with Gasteiger partial charge in [-0.2, -0.15) is 5.26 Å². The van der Waals surface area contributed by atoms with Gasteiger partial charge in [-0.15, -0.1) is 0 Å². The number of anilines is 1. The van der Waals surface area contributed by atoms with Gasteiger partial charge in [0, 0.05) is 25.2 Å². The topological polar surface area (TPSA) is 52.8 Å². The fraction of sp³-hybridized carbons (Fsp3) is 0.615. The quantitative estimate of drug-likeness (QED) is 0.746. The standard InChI is InChI=1S/C11H14N4.C2H6/c1-9-7-13-8-11(14-9)15-4-2-10(6-12)3-5-15;1-2/h7-8,10H,2-5H2,1H3;1-2H3. The highest BCUT2D eigenvalue weighted by Gasteiger charge is 2.19. The Kier molecular flexibility index (Phi) is 5.41. The molecule has 2 heterocycles. The van der Waals surface area contributed by atoms with E-state index in [1.54, 1.807) is 12.4 Å². The van der Waals surface area contributed by atoms with Gasteiger partial charge in [-0.3, -0.25) is 4.98 Å². The second-order valence-electron chi connectivity index (χ2n) is 3.91. The lowest BCUT2D eigenvalue weighted by atomic mass is 9.99. The summed E-state index contributed by atoms with van der Waals surface area (Å²) in [6.45, 7) is 7.77. The average Bonchev–Trinajstić information content (AvgIpc) is 2.41. The highest BCUT2D eigenvalue weighted by Crippen LogP contribution is 2.20. The molecule has 0 unspecified atom stereocenters. The highest BCUT2D eigenvalue weighted by atomic mass is 15.2. The van der Waals surface area contributed by atoms with Crippen molar-refractivity contribution in [3.05, 3.63) is 18.1 Å². The lowest BCUT2D eigenvalue weighted by Crippen LogP contribution is -2.33. The number of rotatable bonds is 1. The summed E-state index contributed by atoms with van der Waals surface area (Å²) in [6.07, 6.45) is 5.42. The molecule has 0 atom stereocenters. The third kappa shape index (κ3) is 3.70. The van der Waals surface area contributed by atoms with Gasteiger partial charge in [0.15, 0.2) is 0 Å². The minimum Gasteiger partial charge on any atom is -0.355 e. The molecule has 1 aliphatic rings. The fourth-order valence-electron chi connectivity index (χ4n) is 1.84. The molecule has 1 aromatic rings. The molecule has 17 heavy (non-hydrogen) atoms. The Morgan fingerprint density at radius 1 is 1.29 bits per heavy atom. The lowest BCUT2D eigenvalue weighted by Gasteiger charge is -2.29. The number of nitrogens with zero attached hydrogens (tertiary/aromatic N) is 4. The number of hydrogen-bond donors (Lipinski definition) is 0. The monoisotopic (exact) mass is 232 g/mol. The summed E-state index contributed by atoms with van der Waals surface area (Å²) in [4.78, 5) is 10.8. The Balaban J connectivity index is 0.000000686. The maximum Gasteiger partial charge on any atom is 0.147 e. The highest BCUT2D eigenvalue weighted by molar-refractivity contribution is 5.36. The Bertz CT molecular complexity index is 375. The Morgan fingerprint density at radius 3 is 2.47 bits per heavy atom. The fourth-order valence-corrected chi connectivity index (χ4v) is 1.84. The van der Waals surface area contributed by atoms with Crippen LogP contribution in [0.1, 0.15) is 32.4 Å². The van der Waals surface area contributed by atoms with Crippen LogP contribution in [-0.2, 0) is 0 Å². The summed E-state index contributed by atoms with van der Waals surface area (Å²) in [6, 6.07) is 2.32. The van der Waals surface area contributed by atoms with Gasteiger partial charge < -0.3 is 4.90 Å². The molecule has 0 radical (unpaired) electrons. The average molecular weight is 232 g/mol. The molecule has 1 saturated heterocycles. The van der Waals surface area contributed by atoms with Gasteiger partial charge in [0.05, 0.1) is 18.0 Å². The van der Waals surface area contributed by atoms with Crippen molar-refractivity contribution < 1.29 is 0 Å². The molecule has 0 amide bonds. The molecule has 4 nitrogen and oxygen atoms in total. The summed E-state index contributed by atoms with van der Waals surface area (Å²) in [7, 11) is 0. The summed E-state index contributed by atoms with van der Waals surface area (Å²) >= 11 is 0. The zero-order valence-electron chi connectivity index (χ0n) is 10.8. The lowest BCUT2D eigenvalue weighted by molar-refractivity contribution is 0.484. The van der Waals surface area contributed by atoms with Crippen molar-refractivity contribution in [2.45, 2.75) is 33.6 Å². The van der Waals surface area contributed by atoms with Crippen LogP contribution < -0.4 is 4.90 Å². The maximum atomic E-state index is 8.80. The number of nitriles is 1. The molecule has 0 bridgehead atoms. The third-order valence-corrected chi connectivity index (χ3v) is 2.74. The molecular weight excluding hydrogens is 212 g/mol. The largest absolute Gasteiger partial charge is 0.355 e. The van der Waals surface area contributed by atoms with Crippen LogP contribution in [0.4, 0.5) is 5.82 Å². The molecule has 1 aliphatic heterocycles. The number of aromatic nitrogens is 2. The van der Waals surface area contributed by atoms with Gasteiger partial charge in [-0.05, 0) is 19.8 Å². The van der Waals surface area contributed by atoms with Crippen LogP contribution in [0.2, 0.25) is 0 Å². The van der Waals surface area contributed by atoms with Gasteiger partial charge >= 0.3 is 0 Å². The predicted octanol–water partition coefficient (Wildman–Crippen LogP) is 2.55. The smallest absolute Gasteiger partial charge is 0.147 e. The van der Waals surface area contributed by atoms with Gasteiger partial charge in [-0.25, -0.2) is 4.98 Å². The number of aryl methyl sites for hydroxylation is 1. The third-order valence-electron chi connectivity index (χ3n) is 2.74. The first-order valence-electron chi connectivity index (χ1n) is 6.23. The van der Waals surface area contributed by atoms with Gasteiger partial charge in [0.1, 0.15) is 5.82 Å². The van der Waals surface area contributed by atoms with E-state index in [0.717, 1.165) is 37.4 Å². The molecule has 92 valence electrons. The van der Waals surface area contributed by atoms with E-state index in [1.165, 1.54) is 0 Å². The molecule has 0 saturated carbocycles. The second-order valence-corrected chi connectivity index (χ2v) is 3.91. The molecule has 1 fully saturated rings. The molecule has 2 rings (SSSR count). The van der Waals surface area contributed by atoms with E-state index < -0.39 is 0 Å². The summed E-state index contributed by atoms with van der Waals surface area (Å²) in [5.74, 6) is 1.16. The first kappa shape index (κ1) is 13.4. The van der Waals surface area contributed by atoms with Crippen LogP contribution in [0.5, 0.6) is 0 Å². The van der Waals surface area contributed by atoms with E-state index in [0.29, 0.717) is 0 Å². The molecule has 0 aliphatic carbocycles. The summed E-state index contributed by atoms with van der Waals surface area (Å²) in [5.41, 5.74) is 0.940. The Labute approximate surface area is 103 Å². The zero-order chi connectivity index (χ0) is 12.7. The van der Waals surface area contributed by atoms with E-state index in [9.17, 15) is 0 Å². The van der Waals surface area contributed by atoms with Crippen LogP contribution in [0.3, 0.4) is 0 Å². The number of piperidine rings is 1. The van der Waals surface area contributed by atoms with Crippen molar-refractivity contribution in [3.63, 3.8) is 0 Å². The maximum absolute atomic E-state index is 8.80.